The predicted octanol–water partition coefficient (Wildman–Crippen LogP) is 6.54. The summed E-state index contributed by atoms with van der Waals surface area (Å²) in [6.07, 6.45) is 2.13. The van der Waals surface area contributed by atoms with E-state index >= 15 is 0 Å². The van der Waals surface area contributed by atoms with E-state index in [0.717, 1.165) is 15.6 Å². The van der Waals surface area contributed by atoms with Crippen molar-refractivity contribution in [2.75, 3.05) is 6.61 Å². The summed E-state index contributed by atoms with van der Waals surface area (Å²) >= 11 is 10.00. The molecule has 0 saturated heterocycles. The SMILES string of the molecule is CCOc1cc(C=Nn2c(CC)nc3ccc(Br)cc3c2=O)cc(Cl)c1OCc1cccc(C)c1. The topological polar surface area (TPSA) is 65.7 Å². The summed E-state index contributed by atoms with van der Waals surface area (Å²) in [4.78, 5) is 17.7. The third kappa shape index (κ3) is 5.74. The molecular weight excluding hydrogens is 530 g/mol. The molecule has 0 saturated carbocycles. The summed E-state index contributed by atoms with van der Waals surface area (Å²) in [6.45, 7) is 6.67. The van der Waals surface area contributed by atoms with Crippen LogP contribution in [-0.2, 0) is 13.0 Å². The Balaban J connectivity index is 1.68. The van der Waals surface area contributed by atoms with Crippen molar-refractivity contribution in [3.05, 3.63) is 97.0 Å². The summed E-state index contributed by atoms with van der Waals surface area (Å²) < 4.78 is 14.0. The maximum absolute atomic E-state index is 13.1. The van der Waals surface area contributed by atoms with Crippen molar-refractivity contribution in [2.24, 2.45) is 5.10 Å². The Bertz CT molecular complexity index is 1470. The van der Waals surface area contributed by atoms with Gasteiger partial charge in [-0.15, -0.1) is 0 Å². The van der Waals surface area contributed by atoms with Gasteiger partial charge in [-0.3, -0.25) is 4.79 Å². The third-order valence-corrected chi connectivity index (χ3v) is 6.09. The molecule has 4 rings (SSSR count). The molecule has 3 aromatic carbocycles. The van der Waals surface area contributed by atoms with Crippen LogP contribution >= 0.6 is 27.5 Å². The number of hydrogen-bond acceptors (Lipinski definition) is 5. The van der Waals surface area contributed by atoms with Crippen molar-refractivity contribution in [3.8, 4) is 11.5 Å². The molecule has 0 bridgehead atoms. The van der Waals surface area contributed by atoms with Crippen LogP contribution in [0.3, 0.4) is 0 Å². The quantitative estimate of drug-likeness (QED) is 0.232. The molecule has 1 heterocycles. The van der Waals surface area contributed by atoms with Gasteiger partial charge in [-0.1, -0.05) is 64.3 Å². The van der Waals surface area contributed by atoms with Crippen LogP contribution < -0.4 is 15.0 Å². The van der Waals surface area contributed by atoms with Gasteiger partial charge >= 0.3 is 0 Å². The lowest BCUT2D eigenvalue weighted by Gasteiger charge is -2.15. The molecule has 8 heteroatoms. The highest BCUT2D eigenvalue weighted by Gasteiger charge is 2.14. The number of rotatable bonds is 8. The van der Waals surface area contributed by atoms with Gasteiger partial charge in [0.1, 0.15) is 12.4 Å². The van der Waals surface area contributed by atoms with Crippen LogP contribution in [0.25, 0.3) is 10.9 Å². The van der Waals surface area contributed by atoms with E-state index < -0.39 is 0 Å². The number of nitrogens with zero attached hydrogens (tertiary/aromatic N) is 3. The Morgan fingerprint density at radius 2 is 1.94 bits per heavy atom. The number of aryl methyl sites for hydroxylation is 2. The van der Waals surface area contributed by atoms with Crippen LogP contribution in [0, 0.1) is 6.92 Å². The van der Waals surface area contributed by atoms with Crippen molar-refractivity contribution in [1.82, 2.24) is 9.66 Å². The Kier molecular flexibility index (Phi) is 7.88. The number of halogens is 2. The van der Waals surface area contributed by atoms with Gasteiger partial charge in [-0.05, 0) is 55.3 Å². The largest absolute Gasteiger partial charge is 0.490 e. The first kappa shape index (κ1) is 24.9. The fourth-order valence-corrected chi connectivity index (χ4v) is 4.32. The summed E-state index contributed by atoms with van der Waals surface area (Å²) in [5.41, 5.74) is 3.27. The van der Waals surface area contributed by atoms with Gasteiger partial charge in [-0.25, -0.2) is 4.98 Å². The molecule has 0 N–H and O–H groups in total. The molecule has 0 radical (unpaired) electrons. The number of hydrogen-bond donors (Lipinski definition) is 0. The third-order valence-electron chi connectivity index (χ3n) is 5.31. The second kappa shape index (κ2) is 11.1. The highest BCUT2D eigenvalue weighted by molar-refractivity contribution is 9.10. The van der Waals surface area contributed by atoms with Gasteiger partial charge in [0.2, 0.25) is 0 Å². The van der Waals surface area contributed by atoms with Gasteiger partial charge < -0.3 is 9.47 Å². The van der Waals surface area contributed by atoms with Crippen LogP contribution in [0.1, 0.15) is 36.4 Å². The molecule has 0 aliphatic rings. The van der Waals surface area contributed by atoms with Crippen LogP contribution in [0.4, 0.5) is 0 Å². The van der Waals surface area contributed by atoms with Crippen molar-refractivity contribution in [3.63, 3.8) is 0 Å². The highest BCUT2D eigenvalue weighted by atomic mass is 79.9. The van der Waals surface area contributed by atoms with E-state index in [9.17, 15) is 4.79 Å². The highest BCUT2D eigenvalue weighted by Crippen LogP contribution is 2.37. The van der Waals surface area contributed by atoms with Crippen molar-refractivity contribution >= 4 is 44.6 Å². The summed E-state index contributed by atoms with van der Waals surface area (Å²) in [6, 6.07) is 17.1. The zero-order valence-electron chi connectivity index (χ0n) is 19.7. The Morgan fingerprint density at radius 3 is 2.69 bits per heavy atom. The first-order valence-corrected chi connectivity index (χ1v) is 12.5. The van der Waals surface area contributed by atoms with Crippen molar-refractivity contribution in [2.45, 2.75) is 33.8 Å². The minimum atomic E-state index is -0.237. The number of aromatic nitrogens is 2. The molecule has 180 valence electrons. The lowest BCUT2D eigenvalue weighted by molar-refractivity contribution is 0.269. The van der Waals surface area contributed by atoms with E-state index in [4.69, 9.17) is 21.1 Å². The van der Waals surface area contributed by atoms with E-state index in [1.807, 2.05) is 51.1 Å². The molecule has 6 nitrogen and oxygen atoms in total. The maximum atomic E-state index is 13.1. The van der Waals surface area contributed by atoms with Gasteiger partial charge in [-0.2, -0.15) is 9.78 Å². The Morgan fingerprint density at radius 1 is 1.11 bits per heavy atom. The fourth-order valence-electron chi connectivity index (χ4n) is 3.69. The zero-order chi connectivity index (χ0) is 24.9. The molecule has 1 aromatic heterocycles. The van der Waals surface area contributed by atoms with Crippen LogP contribution in [0.15, 0.2) is 69.0 Å². The minimum absolute atomic E-state index is 0.237. The maximum Gasteiger partial charge on any atom is 0.282 e. The molecule has 0 unspecified atom stereocenters. The Labute approximate surface area is 217 Å². The van der Waals surface area contributed by atoms with Gasteiger partial charge in [0.25, 0.3) is 5.56 Å². The molecule has 0 atom stereocenters. The molecule has 0 amide bonds. The summed E-state index contributed by atoms with van der Waals surface area (Å²) in [5.74, 6) is 1.55. The summed E-state index contributed by atoms with van der Waals surface area (Å²) in [7, 11) is 0. The molecular formula is C27H25BrClN3O3. The molecule has 0 spiro atoms. The van der Waals surface area contributed by atoms with Crippen molar-refractivity contribution in [1.29, 1.82) is 0 Å². The van der Waals surface area contributed by atoms with Crippen LogP contribution in [0.2, 0.25) is 5.02 Å². The van der Waals surface area contributed by atoms with Gasteiger partial charge in [0.05, 0.1) is 28.7 Å². The number of benzene rings is 3. The lowest BCUT2D eigenvalue weighted by atomic mass is 10.1. The standard InChI is InChI=1S/C27H25BrClN3O3/c1-4-25-31-23-10-9-20(28)14-21(23)27(33)32(25)30-15-19-12-22(29)26(24(13-19)34-5-2)35-16-18-8-6-7-17(3)11-18/h6-15H,4-5,16H2,1-3H3. The minimum Gasteiger partial charge on any atom is -0.490 e. The fraction of sp³-hybridized carbons (Fsp3) is 0.222. The van der Waals surface area contributed by atoms with E-state index in [0.29, 0.717) is 58.4 Å². The summed E-state index contributed by atoms with van der Waals surface area (Å²) in [5, 5.41) is 5.33. The second-order valence-electron chi connectivity index (χ2n) is 7.95. The number of ether oxygens (including phenoxy) is 2. The molecule has 0 aliphatic heterocycles. The van der Waals surface area contributed by atoms with Crippen LogP contribution in [-0.4, -0.2) is 22.5 Å². The Hall–Kier alpha value is -3.16. The number of fused-ring (bicyclic) bond motifs is 1. The average Bonchev–Trinajstić information content (AvgIpc) is 2.83. The first-order valence-electron chi connectivity index (χ1n) is 11.3. The molecule has 0 fully saturated rings. The first-order chi connectivity index (χ1) is 16.9. The monoisotopic (exact) mass is 553 g/mol. The normalized spacial score (nSPS) is 11.3. The predicted molar refractivity (Wildman–Crippen MR) is 144 cm³/mol. The molecule has 4 aromatic rings. The second-order valence-corrected chi connectivity index (χ2v) is 9.27. The van der Waals surface area contributed by atoms with E-state index in [-0.39, 0.29) is 5.56 Å². The van der Waals surface area contributed by atoms with E-state index in [1.54, 1.807) is 24.4 Å². The lowest BCUT2D eigenvalue weighted by Crippen LogP contribution is -2.22. The van der Waals surface area contributed by atoms with E-state index in [2.05, 4.69) is 32.1 Å². The van der Waals surface area contributed by atoms with Gasteiger partial charge in [0, 0.05) is 10.9 Å². The van der Waals surface area contributed by atoms with Gasteiger partial charge in [0.15, 0.2) is 11.5 Å². The average molecular weight is 555 g/mol. The molecule has 35 heavy (non-hydrogen) atoms. The molecule has 0 aliphatic carbocycles. The zero-order valence-corrected chi connectivity index (χ0v) is 22.1. The van der Waals surface area contributed by atoms with Crippen molar-refractivity contribution < 1.29 is 9.47 Å². The smallest absolute Gasteiger partial charge is 0.282 e. The van der Waals surface area contributed by atoms with Crippen LogP contribution in [0.5, 0.6) is 11.5 Å². The van der Waals surface area contributed by atoms with E-state index in [1.165, 1.54) is 4.68 Å².